The van der Waals surface area contributed by atoms with E-state index in [1.54, 1.807) is 0 Å². The second-order valence-electron chi connectivity index (χ2n) is 20.6. The van der Waals surface area contributed by atoms with Crippen LogP contribution in [0.25, 0.3) is 0 Å². The fourth-order valence-electron chi connectivity index (χ4n) is 9.00. The number of unbranched alkanes of at least 4 members (excludes halogenated alkanes) is 31. The summed E-state index contributed by atoms with van der Waals surface area (Å²) in [6, 6.07) is 0. The van der Waals surface area contributed by atoms with E-state index in [1.807, 2.05) is 0 Å². The van der Waals surface area contributed by atoms with Crippen LogP contribution in [0.1, 0.15) is 278 Å². The zero-order chi connectivity index (χ0) is 53.3. The van der Waals surface area contributed by atoms with E-state index in [-0.39, 0.29) is 25.9 Å². The topological polar surface area (TPSA) is 175 Å². The summed E-state index contributed by atoms with van der Waals surface area (Å²) in [4.78, 5) is 51.1. The molecule has 3 N–H and O–H groups in total. The Kier molecular flexibility index (Phi) is 46.4. The van der Waals surface area contributed by atoms with Crippen molar-refractivity contribution >= 4 is 23.9 Å². The number of esters is 3. The molecule has 6 unspecified atom stereocenters. The number of aliphatic hydroxyl groups is 2. The van der Waals surface area contributed by atoms with Crippen molar-refractivity contribution in [3.8, 4) is 0 Å². The van der Waals surface area contributed by atoms with E-state index >= 15 is 0 Å². The van der Waals surface area contributed by atoms with Crippen molar-refractivity contribution in [3.63, 3.8) is 0 Å². The van der Waals surface area contributed by atoms with Crippen molar-refractivity contribution < 1.29 is 58.2 Å². The van der Waals surface area contributed by atoms with Gasteiger partial charge in [-0.2, -0.15) is 0 Å². The molecule has 0 aliphatic carbocycles. The maximum atomic E-state index is 13.1. The van der Waals surface area contributed by atoms with Crippen LogP contribution >= 0.6 is 0 Å². The molecule has 1 saturated heterocycles. The third-order valence-electron chi connectivity index (χ3n) is 13.7. The molecule has 12 nitrogen and oxygen atoms in total. The van der Waals surface area contributed by atoms with Gasteiger partial charge in [0.2, 0.25) is 0 Å². The monoisotopic (exact) mass is 1030 g/mol. The van der Waals surface area contributed by atoms with E-state index in [0.29, 0.717) is 19.3 Å². The lowest BCUT2D eigenvalue weighted by molar-refractivity contribution is -0.301. The van der Waals surface area contributed by atoms with Crippen LogP contribution in [0.4, 0.5) is 0 Å². The van der Waals surface area contributed by atoms with Crippen molar-refractivity contribution in [3.05, 3.63) is 36.5 Å². The molecule has 424 valence electrons. The van der Waals surface area contributed by atoms with Gasteiger partial charge in [0.25, 0.3) is 0 Å². The molecule has 0 spiro atoms. The Hall–Kier alpha value is -3.06. The van der Waals surface area contributed by atoms with E-state index in [1.165, 1.54) is 116 Å². The number of aliphatic hydroxyl groups excluding tert-OH is 2. The summed E-state index contributed by atoms with van der Waals surface area (Å²) in [5.74, 6) is -3.13. The summed E-state index contributed by atoms with van der Waals surface area (Å²) in [5.41, 5.74) is 0. The molecule has 1 heterocycles. The van der Waals surface area contributed by atoms with Crippen LogP contribution in [-0.4, -0.2) is 89.2 Å². The van der Waals surface area contributed by atoms with Crippen molar-refractivity contribution in [2.75, 3.05) is 13.2 Å². The van der Waals surface area contributed by atoms with Crippen LogP contribution < -0.4 is 0 Å². The van der Waals surface area contributed by atoms with Gasteiger partial charge in [-0.3, -0.25) is 14.4 Å². The minimum absolute atomic E-state index is 0.0513. The highest BCUT2D eigenvalue weighted by Gasteiger charge is 2.50. The summed E-state index contributed by atoms with van der Waals surface area (Å²) < 4.78 is 28.4. The fourth-order valence-corrected chi connectivity index (χ4v) is 9.00. The molecular formula is C61H108O12. The number of carboxylic acid groups (broad SMARTS) is 1. The maximum absolute atomic E-state index is 13.1. The van der Waals surface area contributed by atoms with Gasteiger partial charge in [-0.15, -0.1) is 0 Å². The Balaban J connectivity index is 2.68. The van der Waals surface area contributed by atoms with Crippen molar-refractivity contribution in [2.45, 2.75) is 314 Å². The normalized spacial score (nSPS) is 18.5. The number of hydrogen-bond acceptors (Lipinski definition) is 11. The number of hydrogen-bond donors (Lipinski definition) is 3. The molecule has 0 radical (unpaired) electrons. The van der Waals surface area contributed by atoms with Gasteiger partial charge in [0.1, 0.15) is 18.8 Å². The van der Waals surface area contributed by atoms with Gasteiger partial charge >= 0.3 is 23.9 Å². The number of carboxylic acids is 1. The van der Waals surface area contributed by atoms with Gasteiger partial charge in [-0.05, 0) is 96.3 Å². The van der Waals surface area contributed by atoms with Crippen molar-refractivity contribution in [1.82, 2.24) is 0 Å². The molecular weight excluding hydrogens is 925 g/mol. The highest BCUT2D eigenvalue weighted by Crippen LogP contribution is 2.26. The second kappa shape index (κ2) is 49.8. The molecule has 12 heteroatoms. The summed E-state index contributed by atoms with van der Waals surface area (Å²) in [5, 5.41) is 31.4. The highest BCUT2D eigenvalue weighted by molar-refractivity contribution is 5.74. The average Bonchev–Trinajstić information content (AvgIpc) is 3.37. The second-order valence-corrected chi connectivity index (χ2v) is 20.6. The van der Waals surface area contributed by atoms with Gasteiger partial charge in [-0.25, -0.2) is 4.79 Å². The van der Waals surface area contributed by atoms with E-state index in [0.717, 1.165) is 103 Å². The molecule has 6 atom stereocenters. The minimum Gasteiger partial charge on any atom is -0.479 e. The zero-order valence-corrected chi connectivity index (χ0v) is 46.6. The van der Waals surface area contributed by atoms with E-state index in [2.05, 4.69) is 57.2 Å². The van der Waals surface area contributed by atoms with Crippen molar-refractivity contribution in [2.24, 2.45) is 0 Å². The number of carbonyl (C=O) groups is 4. The summed E-state index contributed by atoms with van der Waals surface area (Å²) in [6.45, 7) is 5.96. The van der Waals surface area contributed by atoms with Gasteiger partial charge in [-0.1, -0.05) is 198 Å². The smallest absolute Gasteiger partial charge is 0.335 e. The van der Waals surface area contributed by atoms with Gasteiger partial charge in [0, 0.05) is 19.3 Å². The predicted octanol–water partition coefficient (Wildman–Crippen LogP) is 15.2. The first-order chi connectivity index (χ1) is 35.6. The number of aliphatic carboxylic acids is 1. The summed E-state index contributed by atoms with van der Waals surface area (Å²) in [7, 11) is 0. The van der Waals surface area contributed by atoms with E-state index in [9.17, 15) is 34.5 Å². The third-order valence-corrected chi connectivity index (χ3v) is 13.7. The Bertz CT molecular complexity index is 1410. The molecule has 73 heavy (non-hydrogen) atoms. The van der Waals surface area contributed by atoms with Gasteiger partial charge in [0.05, 0.1) is 6.61 Å². The summed E-state index contributed by atoms with van der Waals surface area (Å²) >= 11 is 0. The first-order valence-electron chi connectivity index (χ1n) is 30.0. The molecule has 0 aromatic carbocycles. The lowest BCUT2D eigenvalue weighted by Crippen LogP contribution is -2.61. The summed E-state index contributed by atoms with van der Waals surface area (Å²) in [6.07, 6.45) is 45.4. The highest BCUT2D eigenvalue weighted by atomic mass is 16.7. The zero-order valence-electron chi connectivity index (χ0n) is 46.6. The Morgan fingerprint density at radius 3 is 1.18 bits per heavy atom. The van der Waals surface area contributed by atoms with Gasteiger partial charge in [0.15, 0.2) is 24.6 Å². The standard InChI is InChI=1S/C61H108O12/c1-4-7-10-13-16-19-22-25-26-27-28-31-32-35-38-41-44-47-53(62)69-50-52(71-54(63)48-45-42-39-36-33-29-23-20-17-14-11-8-5-2)51-70-61-59(57(66)56(65)58(73-61)60(67)68)72-55(64)49-46-43-40-37-34-30-24-21-18-15-12-9-6-3/h20-21,23-26,52,56-59,61,65-66H,4-19,22,27-51H2,1-3H3,(H,67,68)/b23-20-,24-21-,26-25-. The van der Waals surface area contributed by atoms with E-state index < -0.39 is 67.3 Å². The first-order valence-corrected chi connectivity index (χ1v) is 30.0. The molecule has 0 saturated carbocycles. The minimum atomic E-state index is -1.90. The molecule has 1 fully saturated rings. The van der Waals surface area contributed by atoms with Crippen LogP contribution in [0, 0.1) is 0 Å². The number of ether oxygens (including phenoxy) is 5. The first kappa shape index (κ1) is 68.0. The fraction of sp³-hybridized carbons (Fsp3) is 0.836. The van der Waals surface area contributed by atoms with Crippen molar-refractivity contribution in [1.29, 1.82) is 0 Å². The van der Waals surface area contributed by atoms with Gasteiger partial charge < -0.3 is 39.0 Å². The quantitative estimate of drug-likeness (QED) is 0.0228. The van der Waals surface area contributed by atoms with Crippen LogP contribution in [-0.2, 0) is 42.9 Å². The maximum Gasteiger partial charge on any atom is 0.335 e. The Morgan fingerprint density at radius 1 is 0.438 bits per heavy atom. The van der Waals surface area contributed by atoms with Crippen LogP contribution in [0.3, 0.4) is 0 Å². The van der Waals surface area contributed by atoms with Crippen LogP contribution in [0.15, 0.2) is 36.5 Å². The molecule has 0 bridgehead atoms. The predicted molar refractivity (Wildman–Crippen MR) is 294 cm³/mol. The SMILES string of the molecule is CCCCCC/C=C\CCCCCCCC(=O)OC(COC(=O)CCCCCCCCC/C=C\CCCCCCCC)COC1OC(C(=O)O)C(O)C(O)C1OC(=O)CCCCCCC/C=C\CCCCCC. The largest absolute Gasteiger partial charge is 0.479 e. The molecule has 0 aromatic rings. The lowest BCUT2D eigenvalue weighted by atomic mass is 9.98. The molecule has 1 rings (SSSR count). The molecule has 0 aromatic heterocycles. The van der Waals surface area contributed by atoms with E-state index in [4.69, 9.17) is 23.7 Å². The Labute approximate surface area is 444 Å². The molecule has 1 aliphatic rings. The number of rotatable bonds is 51. The Morgan fingerprint density at radius 2 is 0.781 bits per heavy atom. The number of allylic oxidation sites excluding steroid dienone is 6. The molecule has 1 aliphatic heterocycles. The molecule has 0 amide bonds. The lowest BCUT2D eigenvalue weighted by Gasteiger charge is -2.40. The average molecular weight is 1030 g/mol. The number of carbonyl (C=O) groups excluding carboxylic acids is 3. The van der Waals surface area contributed by atoms with Crippen LogP contribution in [0.2, 0.25) is 0 Å². The van der Waals surface area contributed by atoms with Crippen LogP contribution in [0.5, 0.6) is 0 Å². The third kappa shape index (κ3) is 39.9.